The molecule has 3 N–H and O–H groups in total. The molecule has 0 saturated carbocycles. The van der Waals surface area contributed by atoms with Gasteiger partial charge in [-0.3, -0.25) is 24.2 Å². The lowest BCUT2D eigenvalue weighted by Crippen LogP contribution is -2.36. The highest BCUT2D eigenvalue weighted by Gasteiger charge is 2.44. The van der Waals surface area contributed by atoms with E-state index in [1.54, 1.807) is 20.8 Å². The van der Waals surface area contributed by atoms with Gasteiger partial charge in [0, 0.05) is 23.4 Å². The Morgan fingerprint density at radius 3 is 2.33 bits per heavy atom. The number of hydrogen-bond donors (Lipinski definition) is 2. The van der Waals surface area contributed by atoms with Gasteiger partial charge >= 0.3 is 12.3 Å². The lowest BCUT2D eigenvalue weighted by Gasteiger charge is -2.24. The lowest BCUT2D eigenvalue weighted by molar-refractivity contribution is -0.145. The molecule has 0 fully saturated rings. The Morgan fingerprint density at radius 2 is 1.69 bits per heavy atom. The molecular weight excluding hydrogens is 658 g/mol. The molecule has 2 aromatic carbocycles. The van der Waals surface area contributed by atoms with Crippen molar-refractivity contribution in [2.24, 2.45) is 5.73 Å². The molecule has 0 aliphatic carbocycles. The van der Waals surface area contributed by atoms with E-state index in [0.29, 0.717) is 10.7 Å². The van der Waals surface area contributed by atoms with E-state index in [1.165, 1.54) is 30.5 Å². The van der Waals surface area contributed by atoms with Crippen LogP contribution in [0.3, 0.4) is 0 Å². The van der Waals surface area contributed by atoms with Crippen LogP contribution in [0.25, 0.3) is 11.1 Å². The van der Waals surface area contributed by atoms with Crippen LogP contribution in [-0.4, -0.2) is 43.2 Å². The normalized spacial score (nSPS) is 13.6. The van der Waals surface area contributed by atoms with Crippen molar-refractivity contribution in [2.75, 3.05) is 0 Å². The quantitative estimate of drug-likeness (QED) is 0.224. The smallest absolute Gasteiger partial charge is 0.433 e. The topological polar surface area (TPSA) is 132 Å². The Hall–Kier alpha value is -5.41. The maximum absolute atomic E-state index is 14.4. The van der Waals surface area contributed by atoms with Gasteiger partial charge in [0.2, 0.25) is 5.91 Å². The summed E-state index contributed by atoms with van der Waals surface area (Å²) in [5.74, 6) is -4.72. The minimum Gasteiger partial charge on any atom is -0.444 e. The summed E-state index contributed by atoms with van der Waals surface area (Å²) in [6, 6.07) is 8.01. The fourth-order valence-electron chi connectivity index (χ4n) is 5.53. The number of fused-ring (bicyclic) bond motifs is 1. The molecule has 0 saturated heterocycles. The second-order valence-electron chi connectivity index (χ2n) is 12.4. The molecule has 4 aromatic rings. The highest BCUT2D eigenvalue weighted by molar-refractivity contribution is 5.94. The van der Waals surface area contributed by atoms with Gasteiger partial charge in [0.1, 0.15) is 35.3 Å². The molecule has 10 nitrogen and oxygen atoms in total. The summed E-state index contributed by atoms with van der Waals surface area (Å²) >= 11 is 0. The number of primary amides is 1. The number of carbonyl (C=O) groups excluding carboxylic acids is 3. The average molecular weight is 689 g/mol. The van der Waals surface area contributed by atoms with E-state index in [1.807, 2.05) is 0 Å². The van der Waals surface area contributed by atoms with Crippen LogP contribution in [0.15, 0.2) is 54.7 Å². The molecule has 16 heteroatoms. The second-order valence-corrected chi connectivity index (χ2v) is 12.4. The fraction of sp³-hybridized carbons (Fsp3) is 0.303. The van der Waals surface area contributed by atoms with Crippen molar-refractivity contribution in [2.45, 2.75) is 64.6 Å². The van der Waals surface area contributed by atoms with E-state index in [2.05, 4.69) is 15.4 Å². The first-order valence-corrected chi connectivity index (χ1v) is 14.8. The van der Waals surface area contributed by atoms with Gasteiger partial charge in [-0.05, 0) is 68.7 Å². The number of nitrogens with two attached hydrogens (primary N) is 1. The number of aromatic nitrogens is 3. The van der Waals surface area contributed by atoms with Gasteiger partial charge in [0.25, 0.3) is 5.91 Å². The van der Waals surface area contributed by atoms with Crippen LogP contribution in [0.4, 0.5) is 31.1 Å². The van der Waals surface area contributed by atoms with Crippen LogP contribution in [0.2, 0.25) is 0 Å². The standard InChI is InChI=1S/C33H30F6N6O4/c1-32(2,3)49-31(48)44-14-23-26(15-44)43-45(29(23)33(37,38)39)16-27(46)42-25(11-17-9-19(34)13-20(35)10-17)28-21(5-4-8-41-28)18-6-7-24(36)22(12-18)30(40)47/h4-10,12-13,25H,11,14-16H2,1-3H3,(H2,40,47)(H,42,46). The molecule has 1 aliphatic rings. The zero-order valence-corrected chi connectivity index (χ0v) is 26.4. The predicted octanol–water partition coefficient (Wildman–Crippen LogP) is 5.83. The summed E-state index contributed by atoms with van der Waals surface area (Å²) in [5, 5.41) is 6.60. The van der Waals surface area contributed by atoms with Crippen LogP contribution in [0.5, 0.6) is 0 Å². The van der Waals surface area contributed by atoms with E-state index in [9.17, 15) is 40.7 Å². The number of benzene rings is 2. The van der Waals surface area contributed by atoms with Gasteiger partial charge < -0.3 is 15.8 Å². The van der Waals surface area contributed by atoms with Gasteiger partial charge in [-0.1, -0.05) is 12.1 Å². The summed E-state index contributed by atoms with van der Waals surface area (Å²) in [4.78, 5) is 43.2. The summed E-state index contributed by atoms with van der Waals surface area (Å²) < 4.78 is 91.5. The molecule has 2 aromatic heterocycles. The van der Waals surface area contributed by atoms with Crippen molar-refractivity contribution in [1.29, 1.82) is 0 Å². The number of pyridine rings is 1. The van der Waals surface area contributed by atoms with Gasteiger partial charge in [-0.2, -0.15) is 18.3 Å². The van der Waals surface area contributed by atoms with Gasteiger partial charge in [-0.25, -0.2) is 18.0 Å². The Morgan fingerprint density at radius 1 is 1.00 bits per heavy atom. The largest absolute Gasteiger partial charge is 0.444 e. The van der Waals surface area contributed by atoms with Crippen molar-refractivity contribution < 1.29 is 45.5 Å². The highest BCUT2D eigenvalue weighted by Crippen LogP contribution is 2.38. The van der Waals surface area contributed by atoms with Crippen LogP contribution in [0.1, 0.15) is 65.4 Å². The number of nitrogens with one attached hydrogen (secondary N) is 1. The maximum Gasteiger partial charge on any atom is 0.433 e. The molecule has 1 aliphatic heterocycles. The Labute approximate surface area is 275 Å². The number of hydrogen-bond acceptors (Lipinski definition) is 6. The zero-order chi connectivity index (χ0) is 35.8. The number of ether oxygens (including phenoxy) is 1. The van der Waals surface area contributed by atoms with Crippen molar-refractivity contribution in [3.8, 4) is 11.1 Å². The molecule has 49 heavy (non-hydrogen) atoms. The van der Waals surface area contributed by atoms with Crippen molar-refractivity contribution >= 4 is 17.9 Å². The number of rotatable bonds is 8. The van der Waals surface area contributed by atoms with Gasteiger partial charge in [0.15, 0.2) is 0 Å². The lowest BCUT2D eigenvalue weighted by atomic mass is 9.94. The van der Waals surface area contributed by atoms with Gasteiger partial charge in [0.05, 0.1) is 36.1 Å². The first kappa shape index (κ1) is 34.9. The van der Waals surface area contributed by atoms with E-state index >= 15 is 0 Å². The Balaban J connectivity index is 1.48. The second kappa shape index (κ2) is 13.2. The molecule has 0 spiro atoms. The number of carbonyl (C=O) groups is 3. The zero-order valence-electron chi connectivity index (χ0n) is 26.4. The van der Waals surface area contributed by atoms with Crippen molar-refractivity contribution in [3.05, 3.63) is 106 Å². The predicted molar refractivity (Wildman–Crippen MR) is 162 cm³/mol. The summed E-state index contributed by atoms with van der Waals surface area (Å²) in [6.07, 6.45) is -4.72. The third-order valence-corrected chi connectivity index (χ3v) is 7.45. The Kier molecular flexibility index (Phi) is 9.43. The molecule has 0 radical (unpaired) electrons. The molecule has 258 valence electrons. The number of amides is 3. The van der Waals surface area contributed by atoms with Crippen LogP contribution in [0, 0.1) is 17.5 Å². The van der Waals surface area contributed by atoms with E-state index in [-0.39, 0.29) is 46.6 Å². The van der Waals surface area contributed by atoms with Crippen LogP contribution < -0.4 is 11.1 Å². The third-order valence-electron chi connectivity index (χ3n) is 7.45. The number of halogens is 6. The van der Waals surface area contributed by atoms with Crippen molar-refractivity contribution in [3.63, 3.8) is 0 Å². The minimum atomic E-state index is -4.96. The number of nitrogens with zero attached hydrogens (tertiary/aromatic N) is 4. The van der Waals surface area contributed by atoms with Crippen molar-refractivity contribution in [1.82, 2.24) is 25.0 Å². The number of alkyl halides is 3. The van der Waals surface area contributed by atoms with E-state index in [4.69, 9.17) is 10.5 Å². The molecule has 1 unspecified atom stereocenters. The first-order chi connectivity index (χ1) is 22.9. The molecule has 3 heterocycles. The molecular formula is C33H30F6N6O4. The fourth-order valence-corrected chi connectivity index (χ4v) is 5.53. The monoisotopic (exact) mass is 688 g/mol. The molecule has 5 rings (SSSR count). The van der Waals surface area contributed by atoms with E-state index in [0.717, 1.165) is 23.1 Å². The average Bonchev–Trinajstić information content (AvgIpc) is 3.53. The molecule has 3 amide bonds. The summed E-state index contributed by atoms with van der Waals surface area (Å²) in [5.41, 5.74) is 3.10. The van der Waals surface area contributed by atoms with E-state index < -0.39 is 77.5 Å². The molecule has 1 atom stereocenters. The SMILES string of the molecule is CC(C)(C)OC(=O)N1Cc2nn(CC(=O)NC(Cc3cc(F)cc(F)c3)c3ncccc3-c3ccc(F)c(C(N)=O)c3)c(C(F)(F)F)c2C1. The van der Waals surface area contributed by atoms with Gasteiger partial charge in [-0.15, -0.1) is 0 Å². The summed E-state index contributed by atoms with van der Waals surface area (Å²) in [7, 11) is 0. The minimum absolute atomic E-state index is 0.0636. The van der Waals surface area contributed by atoms with Crippen LogP contribution >= 0.6 is 0 Å². The maximum atomic E-state index is 14.4. The van der Waals surface area contributed by atoms with Crippen LogP contribution in [-0.2, 0) is 41.8 Å². The Bertz CT molecular complexity index is 1920. The highest BCUT2D eigenvalue weighted by atomic mass is 19.4. The first-order valence-electron chi connectivity index (χ1n) is 14.8. The molecule has 0 bridgehead atoms. The third kappa shape index (κ3) is 8.01. The summed E-state index contributed by atoms with van der Waals surface area (Å²) in [6.45, 7) is 3.19.